The Kier molecular flexibility index (Phi) is 8.32. The third kappa shape index (κ3) is 6.07. The first-order valence-electron chi connectivity index (χ1n) is 11.8. The summed E-state index contributed by atoms with van der Waals surface area (Å²) in [5.74, 6) is 1.43. The number of hydrogen-bond donors (Lipinski definition) is 1. The number of amides is 2. The summed E-state index contributed by atoms with van der Waals surface area (Å²) in [7, 11) is 0. The van der Waals surface area contributed by atoms with Gasteiger partial charge >= 0.3 is 0 Å². The maximum Gasteiger partial charge on any atom is 0.238 e. The largest absolute Gasteiger partial charge is 0.340 e. The Morgan fingerprint density at radius 1 is 1.00 bits per heavy atom. The van der Waals surface area contributed by atoms with Gasteiger partial charge in [-0.25, -0.2) is 0 Å². The Hall–Kier alpha value is -1.88. The van der Waals surface area contributed by atoms with Crippen molar-refractivity contribution in [3.05, 3.63) is 29.3 Å². The number of hydrogen-bond acceptors (Lipinski definition) is 3. The number of carbonyl (C=O) groups is 2. The zero-order chi connectivity index (χ0) is 21.5. The van der Waals surface area contributed by atoms with Crippen molar-refractivity contribution in [2.75, 3.05) is 38.0 Å². The topological polar surface area (TPSA) is 52.7 Å². The number of para-hydroxylation sites is 1. The van der Waals surface area contributed by atoms with E-state index < -0.39 is 0 Å². The van der Waals surface area contributed by atoms with Crippen LogP contribution in [-0.4, -0.2) is 54.3 Å². The molecule has 5 heteroatoms. The van der Waals surface area contributed by atoms with Crippen molar-refractivity contribution in [3.8, 4) is 0 Å². The van der Waals surface area contributed by atoms with E-state index in [1.54, 1.807) is 0 Å². The van der Waals surface area contributed by atoms with Gasteiger partial charge in [-0.3, -0.25) is 14.5 Å². The summed E-state index contributed by atoms with van der Waals surface area (Å²) in [4.78, 5) is 29.7. The van der Waals surface area contributed by atoms with Gasteiger partial charge in [0.05, 0.1) is 6.54 Å². The molecule has 1 aromatic rings. The van der Waals surface area contributed by atoms with Gasteiger partial charge in [0.1, 0.15) is 0 Å². The highest BCUT2D eigenvalue weighted by Gasteiger charge is 2.31. The van der Waals surface area contributed by atoms with Crippen LogP contribution in [0.15, 0.2) is 18.2 Å². The second-order valence-corrected chi connectivity index (χ2v) is 9.28. The van der Waals surface area contributed by atoms with Crippen LogP contribution in [0.1, 0.15) is 63.0 Å². The second kappa shape index (κ2) is 10.9. The van der Waals surface area contributed by atoms with E-state index in [4.69, 9.17) is 0 Å². The molecule has 0 unspecified atom stereocenters. The number of nitrogens with zero attached hydrogens (tertiary/aromatic N) is 2. The van der Waals surface area contributed by atoms with E-state index in [2.05, 4.69) is 17.1 Å². The summed E-state index contributed by atoms with van der Waals surface area (Å²) in [5, 5.41) is 3.07. The number of piperazine rings is 1. The van der Waals surface area contributed by atoms with E-state index in [0.29, 0.717) is 12.5 Å². The Bertz CT molecular complexity index is 697. The van der Waals surface area contributed by atoms with Crippen LogP contribution in [0.5, 0.6) is 0 Å². The molecule has 5 nitrogen and oxygen atoms in total. The molecule has 0 radical (unpaired) electrons. The molecular formula is C25H39N3O2. The lowest BCUT2D eigenvalue weighted by atomic mass is 9.79. The summed E-state index contributed by atoms with van der Waals surface area (Å²) >= 11 is 0. The van der Waals surface area contributed by atoms with Crippen LogP contribution in [0.3, 0.4) is 0 Å². The third-order valence-electron chi connectivity index (χ3n) is 6.96. The lowest BCUT2D eigenvalue weighted by Crippen LogP contribution is -2.52. The fourth-order valence-corrected chi connectivity index (χ4v) is 4.97. The normalized spacial score (nSPS) is 22.7. The van der Waals surface area contributed by atoms with Crippen LogP contribution >= 0.6 is 0 Å². The maximum atomic E-state index is 12.9. The molecule has 3 rings (SSSR count). The summed E-state index contributed by atoms with van der Waals surface area (Å²) in [5.41, 5.74) is 3.09. The highest BCUT2D eigenvalue weighted by molar-refractivity contribution is 5.93. The number of carbonyl (C=O) groups excluding carboxylic acids is 2. The van der Waals surface area contributed by atoms with Gasteiger partial charge in [0.2, 0.25) is 11.8 Å². The molecule has 1 saturated heterocycles. The molecule has 0 bridgehead atoms. The Morgan fingerprint density at radius 2 is 1.63 bits per heavy atom. The molecule has 1 aliphatic heterocycles. The van der Waals surface area contributed by atoms with E-state index in [1.165, 1.54) is 32.1 Å². The molecular weight excluding hydrogens is 374 g/mol. The molecule has 0 aromatic heterocycles. The van der Waals surface area contributed by atoms with Gasteiger partial charge in [-0.2, -0.15) is 0 Å². The van der Waals surface area contributed by atoms with Crippen LogP contribution in [0.2, 0.25) is 0 Å². The zero-order valence-corrected chi connectivity index (χ0v) is 19.1. The van der Waals surface area contributed by atoms with Crippen molar-refractivity contribution < 1.29 is 9.59 Å². The Labute approximate surface area is 182 Å². The lowest BCUT2D eigenvalue weighted by Gasteiger charge is -2.37. The highest BCUT2D eigenvalue weighted by atomic mass is 16.2. The summed E-state index contributed by atoms with van der Waals surface area (Å²) < 4.78 is 0. The van der Waals surface area contributed by atoms with Crippen LogP contribution < -0.4 is 5.32 Å². The number of benzene rings is 1. The average molecular weight is 414 g/mol. The molecule has 1 aromatic carbocycles. The first-order valence-corrected chi connectivity index (χ1v) is 11.8. The van der Waals surface area contributed by atoms with Crippen LogP contribution in [0.4, 0.5) is 5.69 Å². The molecule has 1 heterocycles. The van der Waals surface area contributed by atoms with E-state index in [9.17, 15) is 9.59 Å². The van der Waals surface area contributed by atoms with Crippen molar-refractivity contribution in [1.82, 2.24) is 9.80 Å². The number of nitrogens with one attached hydrogen (secondary N) is 1. The SMILES string of the molecule is CCCCC1CCC(C(=O)N2CCN(CC(=O)Nc3c(C)cccc3C)CC2)CC1. The van der Waals surface area contributed by atoms with E-state index in [-0.39, 0.29) is 11.8 Å². The first kappa shape index (κ1) is 22.8. The fourth-order valence-electron chi connectivity index (χ4n) is 4.97. The van der Waals surface area contributed by atoms with Crippen molar-refractivity contribution in [2.24, 2.45) is 11.8 Å². The smallest absolute Gasteiger partial charge is 0.238 e. The Balaban J connectivity index is 1.40. The van der Waals surface area contributed by atoms with Crippen LogP contribution in [0, 0.1) is 25.7 Å². The molecule has 1 N–H and O–H groups in total. The highest BCUT2D eigenvalue weighted by Crippen LogP contribution is 2.33. The van der Waals surface area contributed by atoms with E-state index in [0.717, 1.165) is 61.8 Å². The van der Waals surface area contributed by atoms with Crippen molar-refractivity contribution in [1.29, 1.82) is 0 Å². The molecule has 166 valence electrons. The molecule has 0 spiro atoms. The predicted molar refractivity (Wildman–Crippen MR) is 123 cm³/mol. The summed E-state index contributed by atoms with van der Waals surface area (Å²) in [6.45, 7) is 9.71. The van der Waals surface area contributed by atoms with Gasteiger partial charge in [-0.05, 0) is 56.6 Å². The van der Waals surface area contributed by atoms with Crippen LogP contribution in [0.25, 0.3) is 0 Å². The fraction of sp³-hybridized carbons (Fsp3) is 0.680. The molecule has 1 saturated carbocycles. The monoisotopic (exact) mass is 413 g/mol. The van der Waals surface area contributed by atoms with E-state index >= 15 is 0 Å². The van der Waals surface area contributed by atoms with Crippen molar-refractivity contribution >= 4 is 17.5 Å². The summed E-state index contributed by atoms with van der Waals surface area (Å²) in [6.07, 6.45) is 8.48. The zero-order valence-electron chi connectivity index (χ0n) is 19.1. The molecule has 2 amide bonds. The summed E-state index contributed by atoms with van der Waals surface area (Å²) in [6, 6.07) is 6.04. The van der Waals surface area contributed by atoms with E-state index in [1.807, 2.05) is 36.9 Å². The van der Waals surface area contributed by atoms with Crippen molar-refractivity contribution in [2.45, 2.75) is 65.7 Å². The minimum Gasteiger partial charge on any atom is -0.340 e. The van der Waals surface area contributed by atoms with Gasteiger partial charge in [-0.1, -0.05) is 44.4 Å². The number of unbranched alkanes of at least 4 members (excludes halogenated alkanes) is 1. The predicted octanol–water partition coefficient (Wildman–Crippen LogP) is 4.38. The van der Waals surface area contributed by atoms with Gasteiger partial charge in [-0.15, -0.1) is 0 Å². The van der Waals surface area contributed by atoms with Crippen molar-refractivity contribution in [3.63, 3.8) is 0 Å². The van der Waals surface area contributed by atoms with Gasteiger partial charge in [0.15, 0.2) is 0 Å². The molecule has 0 atom stereocenters. The standard InChI is InChI=1S/C25H39N3O2/c1-4-5-9-21-10-12-22(13-11-21)25(30)28-16-14-27(15-17-28)18-23(29)26-24-19(2)7-6-8-20(24)3/h6-8,21-22H,4-5,9-18H2,1-3H3,(H,26,29). The quantitative estimate of drug-likeness (QED) is 0.722. The number of rotatable bonds is 7. The number of aryl methyl sites for hydroxylation is 2. The third-order valence-corrected chi connectivity index (χ3v) is 6.96. The molecule has 30 heavy (non-hydrogen) atoms. The van der Waals surface area contributed by atoms with Gasteiger partial charge < -0.3 is 10.2 Å². The maximum absolute atomic E-state index is 12.9. The lowest BCUT2D eigenvalue weighted by molar-refractivity contribution is -0.138. The van der Waals surface area contributed by atoms with Gasteiger partial charge in [0, 0.05) is 37.8 Å². The minimum atomic E-state index is 0.0255. The molecule has 2 aliphatic rings. The minimum absolute atomic E-state index is 0.0255. The number of anilines is 1. The molecule has 2 fully saturated rings. The average Bonchev–Trinajstić information content (AvgIpc) is 2.75. The first-order chi connectivity index (χ1) is 14.5. The molecule has 1 aliphatic carbocycles. The van der Waals surface area contributed by atoms with Crippen LogP contribution in [-0.2, 0) is 9.59 Å². The Morgan fingerprint density at radius 3 is 2.23 bits per heavy atom. The van der Waals surface area contributed by atoms with Gasteiger partial charge in [0.25, 0.3) is 0 Å². The second-order valence-electron chi connectivity index (χ2n) is 9.28.